The number of hydrogen-bond donors (Lipinski definition) is 2. The van der Waals surface area contributed by atoms with Crippen LogP contribution in [0.25, 0.3) is 6.08 Å². The Kier molecular flexibility index (Phi) is 8.33. The first-order chi connectivity index (χ1) is 14.2. The second kappa shape index (κ2) is 10.5. The van der Waals surface area contributed by atoms with Crippen molar-refractivity contribution in [3.05, 3.63) is 57.3 Å². The summed E-state index contributed by atoms with van der Waals surface area (Å²) in [6.07, 6.45) is 3.67. The highest BCUT2D eigenvalue weighted by Crippen LogP contribution is 2.22. The van der Waals surface area contributed by atoms with E-state index in [1.54, 1.807) is 38.1 Å². The Morgan fingerprint density at radius 3 is 2.23 bits per heavy atom. The van der Waals surface area contributed by atoms with Crippen LogP contribution in [0.15, 0.2) is 41.3 Å². The van der Waals surface area contributed by atoms with Crippen molar-refractivity contribution in [2.24, 2.45) is 0 Å². The third kappa shape index (κ3) is 5.78. The van der Waals surface area contributed by atoms with Crippen LogP contribution in [-0.2, 0) is 21.2 Å². The zero-order valence-corrected chi connectivity index (χ0v) is 19.2. The summed E-state index contributed by atoms with van der Waals surface area (Å²) in [5.41, 5.74) is 6.46. The number of benzene rings is 1. The van der Waals surface area contributed by atoms with Crippen LogP contribution in [-0.4, -0.2) is 37.6 Å². The molecule has 0 saturated heterocycles. The molecule has 0 atom stereocenters. The highest BCUT2D eigenvalue weighted by molar-refractivity contribution is 7.89. The molecular formula is C21H27N3O4S2. The zero-order valence-electron chi connectivity index (χ0n) is 17.6. The summed E-state index contributed by atoms with van der Waals surface area (Å²) in [6, 6.07) is 8.07. The first-order valence-electron chi connectivity index (χ1n) is 9.70. The third-order valence-electron chi connectivity index (χ3n) is 4.52. The molecule has 1 heterocycles. The third-order valence-corrected chi connectivity index (χ3v) is 7.96. The van der Waals surface area contributed by atoms with Crippen LogP contribution in [0, 0.1) is 6.92 Å². The van der Waals surface area contributed by atoms with Gasteiger partial charge in [-0.05, 0) is 48.7 Å². The molecule has 0 aliphatic heterocycles. The molecule has 0 aliphatic carbocycles. The van der Waals surface area contributed by atoms with Crippen LogP contribution in [0.4, 0.5) is 0 Å². The molecular weight excluding hydrogens is 422 g/mol. The average molecular weight is 450 g/mol. The Balaban J connectivity index is 1.95. The molecule has 0 fully saturated rings. The summed E-state index contributed by atoms with van der Waals surface area (Å²) >= 11 is 1.40. The maximum Gasteiger partial charge on any atom is 0.279 e. The molecule has 7 nitrogen and oxygen atoms in total. The number of hydrogen-bond acceptors (Lipinski definition) is 5. The number of rotatable bonds is 8. The lowest BCUT2D eigenvalue weighted by Crippen LogP contribution is -2.40. The second-order valence-electron chi connectivity index (χ2n) is 6.51. The molecule has 0 aliphatic rings. The summed E-state index contributed by atoms with van der Waals surface area (Å²) in [7, 11) is -3.51. The Morgan fingerprint density at radius 1 is 1.07 bits per heavy atom. The number of aryl methyl sites for hydroxylation is 2. The molecule has 162 valence electrons. The monoisotopic (exact) mass is 449 g/mol. The van der Waals surface area contributed by atoms with Crippen molar-refractivity contribution in [3.8, 4) is 0 Å². The molecule has 2 N–H and O–H groups in total. The maximum atomic E-state index is 12.5. The lowest BCUT2D eigenvalue weighted by atomic mass is 10.2. The van der Waals surface area contributed by atoms with E-state index in [-0.39, 0.29) is 10.8 Å². The van der Waals surface area contributed by atoms with Gasteiger partial charge in [0.15, 0.2) is 0 Å². The molecule has 1 aromatic heterocycles. The number of carbonyl (C=O) groups is 2. The van der Waals surface area contributed by atoms with Gasteiger partial charge in [0.05, 0.1) is 9.77 Å². The fourth-order valence-corrected chi connectivity index (χ4v) is 5.31. The van der Waals surface area contributed by atoms with Crippen molar-refractivity contribution < 1.29 is 18.0 Å². The van der Waals surface area contributed by atoms with Gasteiger partial charge in [0, 0.05) is 24.0 Å². The van der Waals surface area contributed by atoms with E-state index < -0.39 is 15.9 Å². The smallest absolute Gasteiger partial charge is 0.268 e. The number of nitrogens with zero attached hydrogens (tertiary/aromatic N) is 1. The Hall–Kier alpha value is -2.49. The van der Waals surface area contributed by atoms with E-state index in [0.717, 1.165) is 16.9 Å². The Bertz CT molecular complexity index is 1020. The minimum atomic E-state index is -3.51. The topological polar surface area (TPSA) is 95.6 Å². The van der Waals surface area contributed by atoms with Crippen LogP contribution < -0.4 is 10.9 Å². The molecule has 30 heavy (non-hydrogen) atoms. The van der Waals surface area contributed by atoms with Crippen molar-refractivity contribution in [1.29, 1.82) is 0 Å². The van der Waals surface area contributed by atoms with Gasteiger partial charge in [-0.15, -0.1) is 11.3 Å². The van der Waals surface area contributed by atoms with Crippen molar-refractivity contribution in [1.82, 2.24) is 15.2 Å². The molecule has 0 saturated carbocycles. The SMILES string of the molecule is CCc1sc(C(=O)NNC(=O)/C=C/c2ccc(S(=O)(=O)N(CC)CC)cc2)cc1C. The van der Waals surface area contributed by atoms with E-state index in [1.165, 1.54) is 33.9 Å². The number of amides is 2. The molecule has 2 amide bonds. The molecule has 0 unspecified atom stereocenters. The van der Waals surface area contributed by atoms with Gasteiger partial charge in [0.1, 0.15) is 0 Å². The summed E-state index contributed by atoms with van der Waals surface area (Å²) in [5.74, 6) is -0.859. The lowest BCUT2D eigenvalue weighted by Gasteiger charge is -2.18. The molecule has 0 bridgehead atoms. The van der Waals surface area contributed by atoms with Crippen molar-refractivity contribution in [3.63, 3.8) is 0 Å². The van der Waals surface area contributed by atoms with Crippen LogP contribution in [0.5, 0.6) is 0 Å². The van der Waals surface area contributed by atoms with Gasteiger partial charge in [-0.25, -0.2) is 8.42 Å². The predicted molar refractivity (Wildman–Crippen MR) is 120 cm³/mol. The van der Waals surface area contributed by atoms with Gasteiger partial charge in [-0.3, -0.25) is 20.4 Å². The van der Waals surface area contributed by atoms with Crippen molar-refractivity contribution in [2.75, 3.05) is 13.1 Å². The largest absolute Gasteiger partial charge is 0.279 e. The van der Waals surface area contributed by atoms with E-state index in [9.17, 15) is 18.0 Å². The van der Waals surface area contributed by atoms with E-state index >= 15 is 0 Å². The van der Waals surface area contributed by atoms with Crippen LogP contribution in [0.2, 0.25) is 0 Å². The molecule has 2 aromatic rings. The summed E-state index contributed by atoms with van der Waals surface area (Å²) in [5, 5.41) is 0. The molecule has 1 aromatic carbocycles. The molecule has 0 radical (unpaired) electrons. The predicted octanol–water partition coefficient (Wildman–Crippen LogP) is 3.12. The fourth-order valence-electron chi connectivity index (χ4n) is 2.84. The van der Waals surface area contributed by atoms with E-state index in [0.29, 0.717) is 23.5 Å². The molecule has 2 rings (SSSR count). The minimum Gasteiger partial charge on any atom is -0.268 e. The average Bonchev–Trinajstić information content (AvgIpc) is 3.12. The maximum absolute atomic E-state index is 12.5. The quantitative estimate of drug-likeness (QED) is 0.478. The summed E-state index contributed by atoms with van der Waals surface area (Å²) < 4.78 is 26.3. The van der Waals surface area contributed by atoms with Gasteiger partial charge >= 0.3 is 0 Å². The van der Waals surface area contributed by atoms with Crippen LogP contribution >= 0.6 is 11.3 Å². The zero-order chi connectivity index (χ0) is 22.3. The fraction of sp³-hybridized carbons (Fsp3) is 0.333. The highest BCUT2D eigenvalue weighted by atomic mass is 32.2. The van der Waals surface area contributed by atoms with E-state index in [4.69, 9.17) is 0 Å². The number of sulfonamides is 1. The number of thiophene rings is 1. The van der Waals surface area contributed by atoms with Gasteiger partial charge in [-0.1, -0.05) is 32.9 Å². The standard InChI is InChI=1S/C21H27N3O4S2/c1-5-18-15(4)14-19(29-18)21(26)23-22-20(25)13-10-16-8-11-17(12-9-16)30(27,28)24(6-2)7-3/h8-14H,5-7H2,1-4H3,(H,22,25)(H,23,26)/b13-10+. The van der Waals surface area contributed by atoms with Gasteiger partial charge in [-0.2, -0.15) is 4.31 Å². The van der Waals surface area contributed by atoms with Crippen molar-refractivity contribution in [2.45, 2.75) is 39.0 Å². The highest BCUT2D eigenvalue weighted by Gasteiger charge is 2.21. The van der Waals surface area contributed by atoms with Crippen molar-refractivity contribution >= 4 is 39.3 Å². The Morgan fingerprint density at radius 2 is 1.70 bits per heavy atom. The summed E-state index contributed by atoms with van der Waals surface area (Å²) in [4.78, 5) is 26.0. The minimum absolute atomic E-state index is 0.206. The lowest BCUT2D eigenvalue weighted by molar-refractivity contribution is -0.117. The van der Waals surface area contributed by atoms with Crippen LogP contribution in [0.3, 0.4) is 0 Å². The summed E-state index contributed by atoms with van der Waals surface area (Å²) in [6.45, 7) is 8.36. The number of hydrazine groups is 1. The van der Waals surface area contributed by atoms with E-state index in [2.05, 4.69) is 10.9 Å². The Labute approximate surface area is 181 Å². The van der Waals surface area contributed by atoms with Gasteiger partial charge in [0.25, 0.3) is 11.8 Å². The first kappa shape index (κ1) is 23.8. The normalized spacial score (nSPS) is 11.8. The number of carbonyl (C=O) groups excluding carboxylic acids is 2. The molecule has 0 spiro atoms. The second-order valence-corrected chi connectivity index (χ2v) is 9.58. The van der Waals surface area contributed by atoms with Gasteiger partial charge < -0.3 is 0 Å². The van der Waals surface area contributed by atoms with Gasteiger partial charge in [0.2, 0.25) is 10.0 Å². The first-order valence-corrected chi connectivity index (χ1v) is 12.0. The number of nitrogens with one attached hydrogen (secondary N) is 2. The van der Waals surface area contributed by atoms with Crippen LogP contribution in [0.1, 0.15) is 46.4 Å². The molecule has 9 heteroatoms. The van der Waals surface area contributed by atoms with E-state index in [1.807, 2.05) is 13.8 Å².